The molecule has 0 aliphatic carbocycles. The number of nitro groups is 1. The summed E-state index contributed by atoms with van der Waals surface area (Å²) in [5.41, 5.74) is 0.442. The lowest BCUT2D eigenvalue weighted by Gasteiger charge is -2.07. The maximum atomic E-state index is 13.1. The SMILES string of the molecule is O=[N+]([O-])c1ccc(F)cc1OCc1cncc(Br)c1. The number of nitro benzene ring substituents is 1. The highest BCUT2D eigenvalue weighted by Crippen LogP contribution is 2.28. The summed E-state index contributed by atoms with van der Waals surface area (Å²) in [6, 6.07) is 4.84. The van der Waals surface area contributed by atoms with Crippen molar-refractivity contribution in [3.63, 3.8) is 0 Å². The van der Waals surface area contributed by atoms with Crippen LogP contribution in [0.4, 0.5) is 10.1 Å². The maximum Gasteiger partial charge on any atom is 0.311 e. The van der Waals surface area contributed by atoms with Gasteiger partial charge in [0.05, 0.1) is 4.92 Å². The Hall–Kier alpha value is -2.02. The van der Waals surface area contributed by atoms with Crippen molar-refractivity contribution in [1.29, 1.82) is 0 Å². The molecule has 0 saturated heterocycles. The molecule has 2 rings (SSSR count). The van der Waals surface area contributed by atoms with Crippen LogP contribution in [0.2, 0.25) is 0 Å². The van der Waals surface area contributed by atoms with Gasteiger partial charge in [0.1, 0.15) is 12.4 Å². The molecule has 0 radical (unpaired) electrons. The monoisotopic (exact) mass is 326 g/mol. The molecule has 19 heavy (non-hydrogen) atoms. The van der Waals surface area contributed by atoms with Gasteiger partial charge in [-0.3, -0.25) is 15.1 Å². The number of hydrogen-bond donors (Lipinski definition) is 0. The van der Waals surface area contributed by atoms with E-state index in [-0.39, 0.29) is 18.0 Å². The Bertz CT molecular complexity index is 622. The zero-order chi connectivity index (χ0) is 13.8. The third-order valence-electron chi connectivity index (χ3n) is 2.27. The van der Waals surface area contributed by atoms with Gasteiger partial charge in [-0.25, -0.2) is 4.39 Å². The zero-order valence-electron chi connectivity index (χ0n) is 9.55. The molecule has 7 heteroatoms. The lowest BCUT2D eigenvalue weighted by atomic mass is 10.3. The van der Waals surface area contributed by atoms with E-state index in [9.17, 15) is 14.5 Å². The number of benzene rings is 1. The minimum Gasteiger partial charge on any atom is -0.482 e. The molecule has 1 aromatic carbocycles. The Morgan fingerprint density at radius 3 is 2.84 bits per heavy atom. The molecular formula is C12H8BrFN2O3. The first-order valence-electron chi connectivity index (χ1n) is 5.22. The minimum atomic E-state index is -0.617. The third kappa shape index (κ3) is 3.47. The average Bonchev–Trinajstić information content (AvgIpc) is 2.36. The summed E-state index contributed by atoms with van der Waals surface area (Å²) in [5, 5.41) is 10.8. The molecule has 5 nitrogen and oxygen atoms in total. The Morgan fingerprint density at radius 1 is 1.37 bits per heavy atom. The van der Waals surface area contributed by atoms with Gasteiger partial charge in [-0.15, -0.1) is 0 Å². The minimum absolute atomic E-state index is 0.0662. The predicted molar refractivity (Wildman–Crippen MR) is 69.3 cm³/mol. The number of aromatic nitrogens is 1. The fraction of sp³-hybridized carbons (Fsp3) is 0.0833. The number of halogens is 2. The lowest BCUT2D eigenvalue weighted by molar-refractivity contribution is -0.386. The first kappa shape index (κ1) is 13.4. The molecule has 0 amide bonds. The van der Waals surface area contributed by atoms with E-state index in [1.807, 2.05) is 0 Å². The molecule has 1 heterocycles. The van der Waals surface area contributed by atoms with Crippen molar-refractivity contribution in [2.45, 2.75) is 6.61 Å². The van der Waals surface area contributed by atoms with Crippen molar-refractivity contribution >= 4 is 21.6 Å². The van der Waals surface area contributed by atoms with Gasteiger partial charge < -0.3 is 4.74 Å². The van der Waals surface area contributed by atoms with Crippen LogP contribution in [0.15, 0.2) is 41.1 Å². The Balaban J connectivity index is 2.19. The van der Waals surface area contributed by atoms with Crippen molar-refractivity contribution in [2.24, 2.45) is 0 Å². The van der Waals surface area contributed by atoms with Crippen LogP contribution in [0.1, 0.15) is 5.56 Å². The second-order valence-corrected chi connectivity index (χ2v) is 4.58. The summed E-state index contributed by atoms with van der Waals surface area (Å²) in [7, 11) is 0. The molecular weight excluding hydrogens is 319 g/mol. The predicted octanol–water partition coefficient (Wildman–Crippen LogP) is 3.47. The van der Waals surface area contributed by atoms with Gasteiger partial charge in [0.2, 0.25) is 0 Å². The number of rotatable bonds is 4. The Morgan fingerprint density at radius 2 is 2.16 bits per heavy atom. The molecule has 0 saturated carbocycles. The highest BCUT2D eigenvalue weighted by molar-refractivity contribution is 9.10. The van der Waals surface area contributed by atoms with Gasteiger partial charge in [0.25, 0.3) is 0 Å². The van der Waals surface area contributed by atoms with E-state index in [0.29, 0.717) is 5.56 Å². The molecule has 2 aromatic rings. The van der Waals surface area contributed by atoms with Crippen LogP contribution in [0.5, 0.6) is 5.75 Å². The summed E-state index contributed by atoms with van der Waals surface area (Å²) < 4.78 is 19.1. The van der Waals surface area contributed by atoms with Crippen LogP contribution < -0.4 is 4.74 Å². The van der Waals surface area contributed by atoms with Gasteiger partial charge in [0, 0.05) is 34.6 Å². The number of nitrogens with zero attached hydrogens (tertiary/aromatic N) is 2. The van der Waals surface area contributed by atoms with E-state index in [4.69, 9.17) is 4.74 Å². The molecule has 0 fully saturated rings. The van der Waals surface area contributed by atoms with Gasteiger partial charge in [-0.2, -0.15) is 0 Å². The second-order valence-electron chi connectivity index (χ2n) is 3.67. The van der Waals surface area contributed by atoms with Crippen molar-refractivity contribution in [1.82, 2.24) is 4.98 Å². The topological polar surface area (TPSA) is 65.3 Å². The molecule has 0 spiro atoms. The maximum absolute atomic E-state index is 13.1. The second kappa shape index (κ2) is 5.75. The fourth-order valence-corrected chi connectivity index (χ4v) is 1.86. The fourth-order valence-electron chi connectivity index (χ4n) is 1.45. The normalized spacial score (nSPS) is 10.2. The van der Waals surface area contributed by atoms with Gasteiger partial charge in [-0.05, 0) is 28.1 Å². The highest BCUT2D eigenvalue weighted by Gasteiger charge is 2.15. The van der Waals surface area contributed by atoms with E-state index in [2.05, 4.69) is 20.9 Å². The first-order chi connectivity index (χ1) is 9.06. The van der Waals surface area contributed by atoms with Gasteiger partial charge in [-0.1, -0.05) is 0 Å². The average molecular weight is 327 g/mol. The molecule has 0 atom stereocenters. The summed E-state index contributed by atoms with van der Waals surface area (Å²) in [5.74, 6) is -0.696. The van der Waals surface area contributed by atoms with E-state index in [1.165, 1.54) is 0 Å². The summed E-state index contributed by atoms with van der Waals surface area (Å²) in [4.78, 5) is 14.1. The highest BCUT2D eigenvalue weighted by atomic mass is 79.9. The molecule has 0 unspecified atom stereocenters. The van der Waals surface area contributed by atoms with Crippen LogP contribution in [0.25, 0.3) is 0 Å². The van der Waals surface area contributed by atoms with Crippen LogP contribution in [-0.4, -0.2) is 9.91 Å². The summed E-state index contributed by atoms with van der Waals surface area (Å²) in [6.07, 6.45) is 3.17. The van der Waals surface area contributed by atoms with Gasteiger partial charge in [0.15, 0.2) is 5.75 Å². The van der Waals surface area contributed by atoms with E-state index >= 15 is 0 Å². The zero-order valence-corrected chi connectivity index (χ0v) is 11.1. The Kier molecular flexibility index (Phi) is 4.06. The first-order valence-corrected chi connectivity index (χ1v) is 6.02. The standard InChI is InChI=1S/C12H8BrFN2O3/c13-9-3-8(5-15-6-9)7-19-12-4-10(14)1-2-11(12)16(17)18/h1-6H,7H2. The lowest BCUT2D eigenvalue weighted by Crippen LogP contribution is -2.00. The van der Waals surface area contributed by atoms with Crippen LogP contribution in [0, 0.1) is 15.9 Å². The number of pyridine rings is 1. The number of hydrogen-bond acceptors (Lipinski definition) is 4. The van der Waals surface area contributed by atoms with Gasteiger partial charge >= 0.3 is 5.69 Å². The molecule has 98 valence electrons. The molecule has 1 aromatic heterocycles. The van der Waals surface area contributed by atoms with Crippen molar-refractivity contribution in [3.8, 4) is 5.75 Å². The quantitative estimate of drug-likeness (QED) is 0.637. The van der Waals surface area contributed by atoms with Crippen molar-refractivity contribution in [3.05, 3.63) is 62.6 Å². The van der Waals surface area contributed by atoms with Crippen LogP contribution >= 0.6 is 15.9 Å². The molecule has 0 bridgehead atoms. The van der Waals surface area contributed by atoms with E-state index in [1.54, 1.807) is 18.5 Å². The van der Waals surface area contributed by atoms with E-state index in [0.717, 1.165) is 22.7 Å². The van der Waals surface area contributed by atoms with Crippen LogP contribution in [-0.2, 0) is 6.61 Å². The van der Waals surface area contributed by atoms with Crippen molar-refractivity contribution < 1.29 is 14.1 Å². The van der Waals surface area contributed by atoms with Crippen molar-refractivity contribution in [2.75, 3.05) is 0 Å². The largest absolute Gasteiger partial charge is 0.482 e. The molecule has 0 aliphatic heterocycles. The van der Waals surface area contributed by atoms with Crippen LogP contribution in [0.3, 0.4) is 0 Å². The summed E-state index contributed by atoms with van der Waals surface area (Å²) >= 11 is 3.25. The number of ether oxygens (including phenoxy) is 1. The third-order valence-corrected chi connectivity index (χ3v) is 2.71. The molecule has 0 N–H and O–H groups in total. The smallest absolute Gasteiger partial charge is 0.311 e. The summed E-state index contributed by atoms with van der Waals surface area (Å²) in [6.45, 7) is 0.0662. The molecule has 0 aliphatic rings. The Labute approximate surface area is 116 Å². The van der Waals surface area contributed by atoms with E-state index < -0.39 is 10.7 Å².